The molecule has 0 bridgehead atoms. The zero-order valence-corrected chi connectivity index (χ0v) is 18.8. The maximum absolute atomic E-state index is 12.2. The molecule has 0 spiro atoms. The van der Waals surface area contributed by atoms with E-state index in [1.807, 2.05) is 0 Å². The molecule has 3 rings (SSSR count). The Balaban J connectivity index is 1.43. The van der Waals surface area contributed by atoms with Crippen LogP contribution in [-0.2, 0) is 30.5 Å². The van der Waals surface area contributed by atoms with Crippen LogP contribution in [0.25, 0.3) is 0 Å². The van der Waals surface area contributed by atoms with Crippen molar-refractivity contribution in [2.45, 2.75) is 63.8 Å². The summed E-state index contributed by atoms with van der Waals surface area (Å²) in [5, 5.41) is 15.9. The molecule has 0 aromatic heterocycles. The summed E-state index contributed by atoms with van der Waals surface area (Å²) in [6.45, 7) is 0.648. The smallest absolute Gasteiger partial charge is 0.305 e. The summed E-state index contributed by atoms with van der Waals surface area (Å²) in [5.41, 5.74) is 1.36. The van der Waals surface area contributed by atoms with Gasteiger partial charge in [0.15, 0.2) is 6.61 Å². The van der Waals surface area contributed by atoms with Gasteiger partial charge in [-0.25, -0.2) is 0 Å². The fraction of sp³-hybridized carbons (Fsp3) is 0.565. The van der Waals surface area contributed by atoms with Crippen molar-refractivity contribution in [2.24, 2.45) is 0 Å². The number of nitrogens with one attached hydrogen (secondary N) is 2. The number of rotatable bonds is 11. The Morgan fingerprint density at radius 1 is 1.21 bits per heavy atom. The van der Waals surface area contributed by atoms with Gasteiger partial charge in [0.1, 0.15) is 12.0 Å². The third kappa shape index (κ3) is 6.52. The number of imide groups is 1. The summed E-state index contributed by atoms with van der Waals surface area (Å²) < 4.78 is 10.3. The zero-order valence-electron chi connectivity index (χ0n) is 18.8. The number of piperidine rings is 1. The van der Waals surface area contributed by atoms with Crippen LogP contribution in [-0.4, -0.2) is 60.0 Å². The average Bonchev–Trinajstić information content (AvgIpc) is 3.13. The Morgan fingerprint density at radius 3 is 2.76 bits per heavy atom. The fourth-order valence-electron chi connectivity index (χ4n) is 4.13. The van der Waals surface area contributed by atoms with Crippen LogP contribution in [0.2, 0.25) is 0 Å². The molecule has 2 aliphatic rings. The van der Waals surface area contributed by atoms with E-state index < -0.39 is 18.2 Å². The van der Waals surface area contributed by atoms with Crippen LogP contribution in [0.1, 0.15) is 62.3 Å². The van der Waals surface area contributed by atoms with Gasteiger partial charge in [0.25, 0.3) is 5.91 Å². The highest BCUT2D eigenvalue weighted by Gasteiger charge is 2.40. The lowest BCUT2D eigenvalue weighted by atomic mass is 10.0. The molecular weight excluding hydrogens is 430 g/mol. The van der Waals surface area contributed by atoms with Crippen molar-refractivity contribution in [3.05, 3.63) is 29.3 Å². The third-order valence-electron chi connectivity index (χ3n) is 5.93. The molecule has 1 fully saturated rings. The van der Waals surface area contributed by atoms with E-state index in [4.69, 9.17) is 4.74 Å². The highest BCUT2D eigenvalue weighted by molar-refractivity contribution is 6.00. The Kier molecular flexibility index (Phi) is 8.79. The molecule has 1 saturated heterocycles. The van der Waals surface area contributed by atoms with E-state index in [0.29, 0.717) is 30.7 Å². The number of carbonyl (C=O) groups is 4. The monoisotopic (exact) mass is 461 g/mol. The molecule has 0 radical (unpaired) electrons. The van der Waals surface area contributed by atoms with Gasteiger partial charge in [-0.3, -0.25) is 29.4 Å². The highest BCUT2D eigenvalue weighted by Crippen LogP contribution is 2.39. The molecule has 0 aliphatic carbocycles. The number of fused-ring (bicyclic) bond motifs is 1. The number of hydrogen-bond acceptors (Lipinski definition) is 8. The number of carbonyl (C=O) groups excluding carboxylic acids is 4. The predicted octanol–water partition coefficient (Wildman–Crippen LogP) is 0.917. The fourth-order valence-corrected chi connectivity index (χ4v) is 4.13. The van der Waals surface area contributed by atoms with Crippen LogP contribution in [0.15, 0.2) is 18.2 Å². The molecule has 0 saturated carbocycles. The quantitative estimate of drug-likeness (QED) is 0.252. The predicted molar refractivity (Wildman–Crippen MR) is 117 cm³/mol. The van der Waals surface area contributed by atoms with E-state index in [2.05, 4.69) is 15.4 Å². The molecule has 2 atom stereocenters. The number of benzene rings is 1. The summed E-state index contributed by atoms with van der Waals surface area (Å²) in [5.74, 6) is -0.688. The Hall–Kier alpha value is -2.98. The lowest BCUT2D eigenvalue weighted by Crippen LogP contribution is -2.51. The van der Waals surface area contributed by atoms with Crippen molar-refractivity contribution < 1.29 is 33.8 Å². The Labute approximate surface area is 192 Å². The van der Waals surface area contributed by atoms with Crippen LogP contribution in [0.3, 0.4) is 0 Å². The van der Waals surface area contributed by atoms with Crippen molar-refractivity contribution in [1.29, 1.82) is 0 Å². The van der Waals surface area contributed by atoms with Gasteiger partial charge in [-0.2, -0.15) is 0 Å². The first-order valence-electron chi connectivity index (χ1n) is 11.3. The minimum absolute atomic E-state index is 0.159. The molecule has 1 aromatic carbocycles. The van der Waals surface area contributed by atoms with E-state index >= 15 is 0 Å². The van der Waals surface area contributed by atoms with Gasteiger partial charge in [0, 0.05) is 37.1 Å². The maximum atomic E-state index is 12.2. The average molecular weight is 462 g/mol. The second-order valence-corrected chi connectivity index (χ2v) is 8.22. The summed E-state index contributed by atoms with van der Waals surface area (Å²) in [6.07, 6.45) is 3.36. The molecule has 2 heterocycles. The van der Waals surface area contributed by atoms with Crippen molar-refractivity contribution in [1.82, 2.24) is 15.5 Å². The minimum atomic E-state index is -0.986. The Morgan fingerprint density at radius 2 is 2.00 bits per heavy atom. The first-order valence-corrected chi connectivity index (χ1v) is 11.3. The number of aliphatic hydroxyl groups excluding tert-OH is 1. The zero-order chi connectivity index (χ0) is 23.8. The minimum Gasteiger partial charge on any atom is -0.483 e. The first-order chi connectivity index (χ1) is 15.9. The normalized spacial score (nSPS) is 20.2. The molecule has 33 heavy (non-hydrogen) atoms. The topological polar surface area (TPSA) is 134 Å². The lowest BCUT2D eigenvalue weighted by Gasteiger charge is -2.31. The van der Waals surface area contributed by atoms with E-state index in [1.165, 1.54) is 7.11 Å². The molecule has 180 valence electrons. The number of nitrogens with zero attached hydrogens (tertiary/aromatic N) is 1. The van der Waals surface area contributed by atoms with Gasteiger partial charge in [-0.15, -0.1) is 0 Å². The van der Waals surface area contributed by atoms with E-state index in [-0.39, 0.29) is 37.4 Å². The van der Waals surface area contributed by atoms with Crippen LogP contribution in [0, 0.1) is 0 Å². The standard InChI is InChI=1S/C23H31N3O7/c1-32-21(29)9-4-2-3-5-12-24-20(28)14-33-18-8-6-7-15-16(18)13-26(23(15)31)17-10-11-19(27)25-22(17)30/h6-8,17,23,31H,2-5,9-14H2,1H3,(H,24,28)(H,25,27,30). The first kappa shape index (κ1) is 24.7. The van der Waals surface area contributed by atoms with Gasteiger partial charge < -0.3 is 19.9 Å². The molecule has 3 N–H and O–H groups in total. The largest absolute Gasteiger partial charge is 0.483 e. The highest BCUT2D eigenvalue weighted by atomic mass is 16.5. The molecular formula is C23H31N3O7. The number of ether oxygens (including phenoxy) is 2. The second kappa shape index (κ2) is 11.8. The van der Waals surface area contributed by atoms with Crippen molar-refractivity contribution in [3.8, 4) is 5.75 Å². The van der Waals surface area contributed by atoms with Gasteiger partial charge in [0.05, 0.1) is 13.2 Å². The maximum Gasteiger partial charge on any atom is 0.305 e. The summed E-state index contributed by atoms with van der Waals surface area (Å²) in [7, 11) is 1.38. The van der Waals surface area contributed by atoms with Gasteiger partial charge in [-0.05, 0) is 25.3 Å². The van der Waals surface area contributed by atoms with Crippen LogP contribution >= 0.6 is 0 Å². The van der Waals surface area contributed by atoms with Crippen molar-refractivity contribution >= 4 is 23.7 Å². The number of esters is 1. The number of unbranched alkanes of at least 4 members (excludes halogenated alkanes) is 3. The summed E-state index contributed by atoms with van der Waals surface area (Å²) >= 11 is 0. The molecule has 10 nitrogen and oxygen atoms in total. The molecule has 2 unspecified atom stereocenters. The SMILES string of the molecule is COC(=O)CCCCCCNC(=O)COc1cccc2c1CN(C1CCC(=O)NC1=O)C2O. The van der Waals surface area contributed by atoms with Crippen molar-refractivity contribution in [2.75, 3.05) is 20.3 Å². The number of aliphatic hydroxyl groups is 1. The summed E-state index contributed by atoms with van der Waals surface area (Å²) in [6, 6.07) is 4.62. The van der Waals surface area contributed by atoms with Crippen LogP contribution in [0.4, 0.5) is 0 Å². The molecule has 3 amide bonds. The number of hydrogen-bond donors (Lipinski definition) is 3. The summed E-state index contributed by atoms with van der Waals surface area (Å²) in [4.78, 5) is 48.5. The van der Waals surface area contributed by atoms with Crippen LogP contribution < -0.4 is 15.4 Å². The van der Waals surface area contributed by atoms with Gasteiger partial charge >= 0.3 is 5.97 Å². The number of methoxy groups -OCH3 is 1. The van der Waals surface area contributed by atoms with Gasteiger partial charge in [0.2, 0.25) is 11.8 Å². The van der Waals surface area contributed by atoms with Gasteiger partial charge in [-0.1, -0.05) is 25.0 Å². The Bertz CT molecular complexity index is 889. The molecule has 1 aromatic rings. The molecule has 2 aliphatic heterocycles. The lowest BCUT2D eigenvalue weighted by molar-refractivity contribution is -0.142. The number of amides is 3. The third-order valence-corrected chi connectivity index (χ3v) is 5.93. The van der Waals surface area contributed by atoms with E-state index in [0.717, 1.165) is 31.2 Å². The molecule has 10 heteroatoms. The van der Waals surface area contributed by atoms with E-state index in [1.54, 1.807) is 23.1 Å². The second-order valence-electron chi connectivity index (χ2n) is 8.22. The van der Waals surface area contributed by atoms with Crippen LogP contribution in [0.5, 0.6) is 5.75 Å². The van der Waals surface area contributed by atoms with E-state index in [9.17, 15) is 24.3 Å². The van der Waals surface area contributed by atoms with Crippen molar-refractivity contribution in [3.63, 3.8) is 0 Å².